The number of rotatable bonds is 18. The maximum Gasteiger partial charge on any atom is 0.344 e. The average Bonchev–Trinajstić information content (AvgIpc) is 2.57. The zero-order valence-corrected chi connectivity index (χ0v) is 17.4. The summed E-state index contributed by atoms with van der Waals surface area (Å²) in [7, 11) is -1.84. The first kappa shape index (κ1) is 24.8. The van der Waals surface area contributed by atoms with Crippen LogP contribution >= 0.6 is 8.38 Å². The topological polar surface area (TPSA) is 76.0 Å². The first-order chi connectivity index (χ1) is 12.0. The molecule has 0 rings (SSSR count). The highest BCUT2D eigenvalue weighted by Crippen LogP contribution is 2.50. The largest absolute Gasteiger partial charge is 0.479 e. The monoisotopic (exact) mass is 378 g/mol. The molecule has 6 heteroatoms. The average molecular weight is 378 g/mol. The summed E-state index contributed by atoms with van der Waals surface area (Å²) >= 11 is 0. The van der Waals surface area contributed by atoms with Gasteiger partial charge in [0.1, 0.15) is 0 Å². The summed E-state index contributed by atoms with van der Waals surface area (Å²) in [6.07, 6.45) is 13.6. The van der Waals surface area contributed by atoms with Gasteiger partial charge >= 0.3 is 5.97 Å². The third-order valence-electron chi connectivity index (χ3n) is 4.17. The Balaban J connectivity index is 4.06. The van der Waals surface area contributed by atoms with E-state index in [1.165, 1.54) is 58.3 Å². The predicted octanol–water partition coefficient (Wildman–Crippen LogP) is 5.85. The van der Waals surface area contributed by atoms with Gasteiger partial charge in [0.25, 0.3) is 0 Å². The van der Waals surface area contributed by atoms with Crippen molar-refractivity contribution in [2.24, 2.45) is 0 Å². The van der Waals surface area contributed by atoms with Gasteiger partial charge in [-0.25, -0.2) is 4.79 Å². The Bertz CT molecular complexity index is 305. The molecule has 0 aromatic heterocycles. The Hall–Kier alpha value is -0.220. The minimum atomic E-state index is -1.96. The zero-order chi connectivity index (χ0) is 19.0. The fourth-order valence-corrected chi connectivity index (χ4v) is 3.75. The molecule has 0 saturated carbocycles. The highest BCUT2D eigenvalue weighted by atomic mass is 31.2. The van der Waals surface area contributed by atoms with E-state index in [0.29, 0.717) is 13.2 Å². The molecule has 2 N–H and O–H groups in total. The Morgan fingerprint density at radius 1 is 0.800 bits per heavy atom. The Morgan fingerprint density at radius 2 is 1.16 bits per heavy atom. The van der Waals surface area contributed by atoms with Crippen LogP contribution in [0.25, 0.3) is 0 Å². The number of carbonyl (C=O) groups is 1. The van der Waals surface area contributed by atoms with Crippen LogP contribution < -0.4 is 0 Å². The maximum absolute atomic E-state index is 11.3. The highest BCUT2D eigenvalue weighted by Gasteiger charge is 2.42. The van der Waals surface area contributed by atoms with E-state index in [9.17, 15) is 15.0 Å². The van der Waals surface area contributed by atoms with Gasteiger partial charge in [0.15, 0.2) is 0 Å². The van der Waals surface area contributed by atoms with E-state index in [1.54, 1.807) is 0 Å². The van der Waals surface area contributed by atoms with Gasteiger partial charge in [0, 0.05) is 0 Å². The predicted molar refractivity (Wildman–Crippen MR) is 104 cm³/mol. The zero-order valence-electron chi connectivity index (χ0n) is 16.5. The van der Waals surface area contributed by atoms with E-state index in [1.807, 2.05) is 0 Å². The van der Waals surface area contributed by atoms with Gasteiger partial charge in [-0.15, -0.1) is 0 Å². The van der Waals surface area contributed by atoms with Gasteiger partial charge in [-0.2, -0.15) is 0 Å². The van der Waals surface area contributed by atoms with Crippen LogP contribution in [0.4, 0.5) is 0 Å². The number of carboxylic acid groups (broad SMARTS) is 1. The minimum Gasteiger partial charge on any atom is -0.479 e. The van der Waals surface area contributed by atoms with Gasteiger partial charge in [0.05, 0.1) is 13.2 Å². The smallest absolute Gasteiger partial charge is 0.344 e. The van der Waals surface area contributed by atoms with E-state index < -0.39 is 19.7 Å². The van der Waals surface area contributed by atoms with Crippen LogP contribution in [0.3, 0.4) is 0 Å². The molecule has 0 aliphatic rings. The molecule has 0 aromatic carbocycles. The number of unbranched alkanes of at least 4 members (excludes halogenated alkanes) is 10. The van der Waals surface area contributed by atoms with Crippen molar-refractivity contribution in [3.8, 4) is 0 Å². The molecule has 5 nitrogen and oxygen atoms in total. The summed E-state index contributed by atoms with van der Waals surface area (Å²) in [5.41, 5.74) is 0. The van der Waals surface area contributed by atoms with Gasteiger partial charge in [-0.05, 0) is 19.8 Å². The molecular weight excluding hydrogens is 339 g/mol. The second kappa shape index (κ2) is 16.0. The molecule has 25 heavy (non-hydrogen) atoms. The lowest BCUT2D eigenvalue weighted by molar-refractivity contribution is -0.149. The van der Waals surface area contributed by atoms with Crippen LogP contribution in [0, 0.1) is 0 Å². The summed E-state index contributed by atoms with van der Waals surface area (Å²) < 4.78 is 11.3. The lowest BCUT2D eigenvalue weighted by Crippen LogP contribution is -2.34. The van der Waals surface area contributed by atoms with E-state index in [0.717, 1.165) is 25.7 Å². The molecule has 0 fully saturated rings. The Kier molecular flexibility index (Phi) is 15.8. The number of aliphatic carboxylic acids is 1. The molecule has 150 valence electrons. The quantitative estimate of drug-likeness (QED) is 0.231. The van der Waals surface area contributed by atoms with Crippen LogP contribution in [0.2, 0.25) is 0 Å². The standard InChI is InChI=1S/C19H39O5P/c1-4-6-8-10-12-14-16-23-25(19(3,22)18(20)21)24-17-15-13-11-9-7-5-2/h22H,4-17H2,1-3H3,(H,20,21). The highest BCUT2D eigenvalue weighted by molar-refractivity contribution is 7.50. The molecule has 0 aliphatic carbocycles. The molecule has 0 saturated heterocycles. The van der Waals surface area contributed by atoms with E-state index in [2.05, 4.69) is 13.8 Å². The number of carboxylic acids is 1. The molecule has 0 aromatic rings. The maximum atomic E-state index is 11.3. The van der Waals surface area contributed by atoms with Crippen LogP contribution in [0.15, 0.2) is 0 Å². The SMILES string of the molecule is CCCCCCCCOP(OCCCCCCCC)C(C)(O)C(=O)O. The van der Waals surface area contributed by atoms with Crippen molar-refractivity contribution in [1.82, 2.24) is 0 Å². The number of aliphatic hydroxyl groups is 1. The molecule has 0 amide bonds. The van der Waals surface area contributed by atoms with Crippen LogP contribution in [-0.4, -0.2) is 34.7 Å². The summed E-state index contributed by atoms with van der Waals surface area (Å²) in [6, 6.07) is 0. The lowest BCUT2D eigenvalue weighted by atomic mass is 10.1. The molecule has 0 spiro atoms. The van der Waals surface area contributed by atoms with Crippen molar-refractivity contribution in [2.45, 2.75) is 103 Å². The lowest BCUT2D eigenvalue weighted by Gasteiger charge is -2.27. The summed E-state index contributed by atoms with van der Waals surface area (Å²) in [6.45, 7) is 6.52. The molecule has 1 unspecified atom stereocenters. The second-order valence-corrected chi connectivity index (χ2v) is 8.69. The molecule has 0 radical (unpaired) electrons. The normalized spacial score (nSPS) is 14.0. The second-order valence-electron chi connectivity index (χ2n) is 6.79. The van der Waals surface area contributed by atoms with Gasteiger partial charge in [-0.3, -0.25) is 0 Å². The Morgan fingerprint density at radius 3 is 1.52 bits per heavy atom. The van der Waals surface area contributed by atoms with Gasteiger partial charge < -0.3 is 19.3 Å². The molecular formula is C19H39O5P. The summed E-state index contributed by atoms with van der Waals surface area (Å²) in [4.78, 5) is 11.3. The van der Waals surface area contributed by atoms with E-state index >= 15 is 0 Å². The molecule has 0 heterocycles. The van der Waals surface area contributed by atoms with Crippen LogP contribution in [0.5, 0.6) is 0 Å². The van der Waals surface area contributed by atoms with Gasteiger partial charge in [-0.1, -0.05) is 78.1 Å². The number of hydrogen-bond acceptors (Lipinski definition) is 4. The van der Waals surface area contributed by atoms with Crippen molar-refractivity contribution >= 4 is 14.3 Å². The molecule has 0 aliphatic heterocycles. The van der Waals surface area contributed by atoms with E-state index in [4.69, 9.17) is 9.05 Å². The first-order valence-electron chi connectivity index (χ1n) is 9.98. The number of hydrogen-bond donors (Lipinski definition) is 2. The van der Waals surface area contributed by atoms with Crippen molar-refractivity contribution < 1.29 is 24.1 Å². The molecule has 0 bridgehead atoms. The van der Waals surface area contributed by atoms with E-state index in [-0.39, 0.29) is 0 Å². The van der Waals surface area contributed by atoms with Crippen LogP contribution in [-0.2, 0) is 13.8 Å². The van der Waals surface area contributed by atoms with Crippen molar-refractivity contribution in [1.29, 1.82) is 0 Å². The molecule has 1 atom stereocenters. The van der Waals surface area contributed by atoms with Gasteiger partial charge in [0.2, 0.25) is 13.7 Å². The van der Waals surface area contributed by atoms with Crippen molar-refractivity contribution in [3.05, 3.63) is 0 Å². The summed E-state index contributed by atoms with van der Waals surface area (Å²) in [5, 5.41) is 17.4. The third-order valence-corrected chi connectivity index (χ3v) is 5.91. The van der Waals surface area contributed by atoms with Crippen LogP contribution in [0.1, 0.15) is 97.8 Å². The fourth-order valence-electron chi connectivity index (χ4n) is 2.43. The Labute approximate surface area is 155 Å². The fraction of sp³-hybridized carbons (Fsp3) is 0.947. The minimum absolute atomic E-state index is 0.442. The first-order valence-corrected chi connectivity index (χ1v) is 11.2. The van der Waals surface area contributed by atoms with Crippen molar-refractivity contribution in [3.63, 3.8) is 0 Å². The third kappa shape index (κ3) is 12.7. The van der Waals surface area contributed by atoms with Crippen molar-refractivity contribution in [2.75, 3.05) is 13.2 Å². The summed E-state index contributed by atoms with van der Waals surface area (Å²) in [5.74, 6) is -1.29.